The molecule has 1 aliphatic rings. The fourth-order valence-electron chi connectivity index (χ4n) is 1.68. The molecule has 0 radical (unpaired) electrons. The van der Waals surface area contributed by atoms with Gasteiger partial charge in [-0.15, -0.1) is 0 Å². The molecule has 16 heavy (non-hydrogen) atoms. The van der Waals surface area contributed by atoms with Crippen molar-refractivity contribution in [1.29, 1.82) is 0 Å². The number of nitrogens with zero attached hydrogens (tertiary/aromatic N) is 1. The second kappa shape index (κ2) is 4.31. The minimum absolute atomic E-state index is 0.366. The molecular weight excluding hydrogens is 226 g/mol. The first-order valence-electron chi connectivity index (χ1n) is 5.12. The highest BCUT2D eigenvalue weighted by Crippen LogP contribution is 2.24. The number of halogens is 1. The lowest BCUT2D eigenvalue weighted by molar-refractivity contribution is 0.100. The minimum Gasteiger partial charge on any atom is -0.369 e. The zero-order valence-electron chi connectivity index (χ0n) is 9.03. The number of rotatable bonds is 3. The van der Waals surface area contributed by atoms with Crippen LogP contribution in [0.1, 0.15) is 10.4 Å². The molecule has 1 saturated heterocycles. The van der Waals surface area contributed by atoms with Gasteiger partial charge >= 0.3 is 0 Å². The highest BCUT2D eigenvalue weighted by molar-refractivity contribution is 6.34. The second-order valence-corrected chi connectivity index (χ2v) is 4.36. The maximum atomic E-state index is 11.0. The fraction of sp³-hybridized carbons (Fsp3) is 0.364. The van der Waals surface area contributed by atoms with Gasteiger partial charge in [0.15, 0.2) is 0 Å². The maximum absolute atomic E-state index is 11.0. The van der Waals surface area contributed by atoms with Crippen LogP contribution in [-0.4, -0.2) is 32.1 Å². The van der Waals surface area contributed by atoms with Crippen LogP contribution in [0.15, 0.2) is 18.2 Å². The van der Waals surface area contributed by atoms with Crippen molar-refractivity contribution in [1.82, 2.24) is 5.32 Å². The molecule has 3 N–H and O–H groups in total. The summed E-state index contributed by atoms with van der Waals surface area (Å²) in [5.74, 6) is -0.496. The van der Waals surface area contributed by atoms with Crippen LogP contribution in [0.25, 0.3) is 0 Å². The van der Waals surface area contributed by atoms with Gasteiger partial charge in [-0.2, -0.15) is 0 Å². The lowest BCUT2D eigenvalue weighted by Crippen LogP contribution is -2.56. The molecule has 0 aromatic heterocycles. The summed E-state index contributed by atoms with van der Waals surface area (Å²) in [5.41, 5.74) is 6.56. The first kappa shape index (κ1) is 11.2. The van der Waals surface area contributed by atoms with Crippen molar-refractivity contribution in [2.24, 2.45) is 5.73 Å². The van der Waals surface area contributed by atoms with Gasteiger partial charge in [0, 0.05) is 25.8 Å². The quantitative estimate of drug-likeness (QED) is 0.822. The van der Waals surface area contributed by atoms with E-state index in [1.165, 1.54) is 0 Å². The van der Waals surface area contributed by atoms with Gasteiger partial charge in [-0.25, -0.2) is 0 Å². The van der Waals surface area contributed by atoms with Crippen LogP contribution in [0.4, 0.5) is 5.69 Å². The Balaban J connectivity index is 2.22. The van der Waals surface area contributed by atoms with Crippen LogP contribution < -0.4 is 16.0 Å². The van der Waals surface area contributed by atoms with Gasteiger partial charge in [-0.05, 0) is 18.2 Å². The molecule has 5 heteroatoms. The first-order valence-corrected chi connectivity index (χ1v) is 5.50. The number of carbonyl (C=O) groups is 1. The number of hydrogen-bond donors (Lipinski definition) is 2. The van der Waals surface area contributed by atoms with Crippen molar-refractivity contribution in [2.45, 2.75) is 6.04 Å². The molecule has 86 valence electrons. The number of amides is 1. The van der Waals surface area contributed by atoms with E-state index in [4.69, 9.17) is 17.3 Å². The summed E-state index contributed by atoms with van der Waals surface area (Å²) in [6.07, 6.45) is 0. The van der Waals surface area contributed by atoms with Crippen LogP contribution in [0, 0.1) is 0 Å². The van der Waals surface area contributed by atoms with Crippen LogP contribution in [0.3, 0.4) is 0 Å². The number of likely N-dealkylation sites (N-methyl/N-ethyl adjacent to an activating group) is 1. The van der Waals surface area contributed by atoms with Crippen molar-refractivity contribution in [3.8, 4) is 0 Å². The van der Waals surface area contributed by atoms with Crippen LogP contribution in [-0.2, 0) is 0 Å². The lowest BCUT2D eigenvalue weighted by Gasteiger charge is -2.37. The predicted octanol–water partition coefficient (Wildman–Crippen LogP) is 0.847. The molecule has 0 saturated carbocycles. The van der Waals surface area contributed by atoms with E-state index in [1.54, 1.807) is 12.1 Å². The summed E-state index contributed by atoms with van der Waals surface area (Å²) in [4.78, 5) is 13.2. The molecule has 0 atom stereocenters. The van der Waals surface area contributed by atoms with Gasteiger partial charge in [0.1, 0.15) is 0 Å². The SMILES string of the molecule is CN(c1ccc(C(N)=O)c(Cl)c1)C1CNC1. The molecule has 1 heterocycles. The maximum Gasteiger partial charge on any atom is 0.250 e. The van der Waals surface area contributed by atoms with E-state index in [0.29, 0.717) is 16.6 Å². The second-order valence-electron chi connectivity index (χ2n) is 3.95. The molecule has 1 amide bonds. The fourth-order valence-corrected chi connectivity index (χ4v) is 1.95. The molecule has 4 nitrogen and oxygen atoms in total. The van der Waals surface area contributed by atoms with E-state index in [0.717, 1.165) is 18.8 Å². The van der Waals surface area contributed by atoms with E-state index >= 15 is 0 Å². The highest BCUT2D eigenvalue weighted by Gasteiger charge is 2.22. The minimum atomic E-state index is -0.496. The Kier molecular flexibility index (Phi) is 3.03. The summed E-state index contributed by atoms with van der Waals surface area (Å²) in [7, 11) is 2.01. The van der Waals surface area contributed by atoms with E-state index in [1.807, 2.05) is 13.1 Å². The number of nitrogens with two attached hydrogens (primary N) is 1. The molecule has 0 aliphatic carbocycles. The van der Waals surface area contributed by atoms with E-state index < -0.39 is 5.91 Å². The number of hydrogen-bond acceptors (Lipinski definition) is 3. The standard InChI is InChI=1S/C11H14ClN3O/c1-15(8-5-14-6-8)7-2-3-9(11(13)16)10(12)4-7/h2-4,8,14H,5-6H2,1H3,(H2,13,16). The third-order valence-electron chi connectivity index (χ3n) is 2.93. The smallest absolute Gasteiger partial charge is 0.250 e. The zero-order chi connectivity index (χ0) is 11.7. The average Bonchev–Trinajstić information content (AvgIpc) is 2.14. The Morgan fingerprint density at radius 2 is 2.25 bits per heavy atom. The molecular formula is C11H14ClN3O. The number of anilines is 1. The van der Waals surface area contributed by atoms with Gasteiger partial charge < -0.3 is 16.0 Å². The van der Waals surface area contributed by atoms with Crippen LogP contribution >= 0.6 is 11.6 Å². The number of carbonyl (C=O) groups excluding carboxylic acids is 1. The summed E-state index contributed by atoms with van der Waals surface area (Å²) in [6, 6.07) is 5.81. The summed E-state index contributed by atoms with van der Waals surface area (Å²) in [5, 5.41) is 3.61. The molecule has 0 spiro atoms. The Hall–Kier alpha value is -1.26. The van der Waals surface area contributed by atoms with E-state index in [9.17, 15) is 4.79 Å². The zero-order valence-corrected chi connectivity index (χ0v) is 9.79. The number of nitrogens with one attached hydrogen (secondary N) is 1. The monoisotopic (exact) mass is 239 g/mol. The van der Waals surface area contributed by atoms with Gasteiger partial charge in [-0.3, -0.25) is 4.79 Å². The number of benzene rings is 1. The third-order valence-corrected chi connectivity index (χ3v) is 3.25. The van der Waals surface area contributed by atoms with Gasteiger partial charge in [0.05, 0.1) is 16.6 Å². The van der Waals surface area contributed by atoms with E-state index in [-0.39, 0.29) is 0 Å². The van der Waals surface area contributed by atoms with Gasteiger partial charge in [0.25, 0.3) is 0 Å². The van der Waals surface area contributed by atoms with Crippen molar-refractivity contribution < 1.29 is 4.79 Å². The summed E-state index contributed by atoms with van der Waals surface area (Å²) >= 11 is 5.99. The number of primary amides is 1. The average molecular weight is 240 g/mol. The Labute approximate surface area is 99.4 Å². The lowest BCUT2D eigenvalue weighted by atomic mass is 10.1. The first-order chi connectivity index (χ1) is 7.59. The topological polar surface area (TPSA) is 58.4 Å². The van der Waals surface area contributed by atoms with Gasteiger partial charge in [0.2, 0.25) is 5.91 Å². The predicted molar refractivity (Wildman–Crippen MR) is 65.0 cm³/mol. The van der Waals surface area contributed by atoms with Crippen molar-refractivity contribution in [3.63, 3.8) is 0 Å². The van der Waals surface area contributed by atoms with Crippen LogP contribution in [0.5, 0.6) is 0 Å². The Morgan fingerprint density at radius 1 is 1.56 bits per heavy atom. The van der Waals surface area contributed by atoms with Gasteiger partial charge in [-0.1, -0.05) is 11.6 Å². The molecule has 1 fully saturated rings. The Morgan fingerprint density at radius 3 is 2.69 bits per heavy atom. The summed E-state index contributed by atoms with van der Waals surface area (Å²) in [6.45, 7) is 1.96. The molecule has 0 bridgehead atoms. The van der Waals surface area contributed by atoms with Crippen molar-refractivity contribution in [3.05, 3.63) is 28.8 Å². The molecule has 1 aliphatic heterocycles. The summed E-state index contributed by atoms with van der Waals surface area (Å²) < 4.78 is 0. The van der Waals surface area contributed by atoms with E-state index in [2.05, 4.69) is 10.2 Å². The molecule has 1 aromatic rings. The highest BCUT2D eigenvalue weighted by atomic mass is 35.5. The molecule has 1 aromatic carbocycles. The van der Waals surface area contributed by atoms with Crippen molar-refractivity contribution in [2.75, 3.05) is 25.0 Å². The van der Waals surface area contributed by atoms with Crippen LogP contribution in [0.2, 0.25) is 5.02 Å². The third kappa shape index (κ3) is 1.99. The Bertz CT molecular complexity index is 418. The van der Waals surface area contributed by atoms with Crippen molar-refractivity contribution >= 4 is 23.2 Å². The largest absolute Gasteiger partial charge is 0.369 e. The normalized spacial score (nSPS) is 15.6. The molecule has 2 rings (SSSR count). The molecule has 0 unspecified atom stereocenters.